The molecule has 0 fully saturated rings. The molecule has 0 radical (unpaired) electrons. The van der Waals surface area contributed by atoms with Gasteiger partial charge in [-0.15, -0.1) is 11.3 Å². The SMILES string of the molecule is CCOC(=O)c1cc(Cc2ccccc2)sc1NC(=O)c1cc(Cl)cc(Cl)c1. The molecule has 0 spiro atoms. The number of amides is 1. The van der Waals surface area contributed by atoms with Crippen LogP contribution in [-0.4, -0.2) is 18.5 Å². The molecule has 0 bridgehead atoms. The molecule has 0 atom stereocenters. The zero-order chi connectivity index (χ0) is 20.1. The van der Waals surface area contributed by atoms with Crippen LogP contribution >= 0.6 is 34.5 Å². The molecule has 0 saturated carbocycles. The topological polar surface area (TPSA) is 55.4 Å². The summed E-state index contributed by atoms with van der Waals surface area (Å²) in [7, 11) is 0. The summed E-state index contributed by atoms with van der Waals surface area (Å²) in [4.78, 5) is 25.9. The Morgan fingerprint density at radius 1 is 1.04 bits per heavy atom. The molecule has 4 nitrogen and oxygen atoms in total. The summed E-state index contributed by atoms with van der Waals surface area (Å²) in [5.41, 5.74) is 1.75. The molecule has 1 aromatic heterocycles. The molecule has 1 heterocycles. The van der Waals surface area contributed by atoms with E-state index in [1.165, 1.54) is 23.5 Å². The first-order chi connectivity index (χ1) is 13.5. The van der Waals surface area contributed by atoms with Crippen LogP contribution in [-0.2, 0) is 11.2 Å². The van der Waals surface area contributed by atoms with Gasteiger partial charge in [0.15, 0.2) is 0 Å². The summed E-state index contributed by atoms with van der Waals surface area (Å²) >= 11 is 13.3. The third-order valence-electron chi connectivity index (χ3n) is 3.85. The highest BCUT2D eigenvalue weighted by Crippen LogP contribution is 2.31. The van der Waals surface area contributed by atoms with Gasteiger partial charge in [0.25, 0.3) is 5.91 Å². The van der Waals surface area contributed by atoms with E-state index in [1.807, 2.05) is 30.3 Å². The highest BCUT2D eigenvalue weighted by Gasteiger charge is 2.20. The van der Waals surface area contributed by atoms with E-state index < -0.39 is 11.9 Å². The summed E-state index contributed by atoms with van der Waals surface area (Å²) in [6, 6.07) is 16.2. The van der Waals surface area contributed by atoms with Gasteiger partial charge in [0.2, 0.25) is 0 Å². The van der Waals surface area contributed by atoms with Crippen LogP contribution in [0.15, 0.2) is 54.6 Å². The van der Waals surface area contributed by atoms with Gasteiger partial charge in [0.05, 0.1) is 12.2 Å². The normalized spacial score (nSPS) is 10.5. The molecule has 0 aliphatic heterocycles. The fraction of sp³-hybridized carbons (Fsp3) is 0.143. The summed E-state index contributed by atoms with van der Waals surface area (Å²) < 4.78 is 5.13. The van der Waals surface area contributed by atoms with Crippen LogP contribution in [0.3, 0.4) is 0 Å². The number of nitrogens with one attached hydrogen (secondary N) is 1. The summed E-state index contributed by atoms with van der Waals surface area (Å²) in [6.07, 6.45) is 0.650. The maximum absolute atomic E-state index is 12.6. The lowest BCUT2D eigenvalue weighted by Crippen LogP contribution is -2.14. The Bertz CT molecular complexity index is 982. The van der Waals surface area contributed by atoms with Crippen molar-refractivity contribution in [2.45, 2.75) is 13.3 Å². The standard InChI is InChI=1S/C21H17Cl2NO3S/c1-2-27-21(26)18-12-17(8-13-6-4-3-5-7-13)28-20(18)24-19(25)14-9-15(22)11-16(23)10-14/h3-7,9-12H,2,8H2,1H3,(H,24,25). The van der Waals surface area contributed by atoms with Crippen LogP contribution in [0.2, 0.25) is 10.0 Å². The van der Waals surface area contributed by atoms with Crippen LogP contribution in [0, 0.1) is 0 Å². The first kappa shape index (κ1) is 20.4. The Kier molecular flexibility index (Phi) is 6.73. The van der Waals surface area contributed by atoms with Crippen molar-refractivity contribution in [2.75, 3.05) is 11.9 Å². The number of rotatable bonds is 6. The lowest BCUT2D eigenvalue weighted by Gasteiger charge is -2.07. The lowest BCUT2D eigenvalue weighted by molar-refractivity contribution is 0.0528. The van der Waals surface area contributed by atoms with Crippen molar-refractivity contribution in [1.82, 2.24) is 0 Å². The maximum Gasteiger partial charge on any atom is 0.341 e. The molecule has 0 aliphatic rings. The van der Waals surface area contributed by atoms with Gasteiger partial charge in [0.1, 0.15) is 5.00 Å². The number of hydrogen-bond donors (Lipinski definition) is 1. The van der Waals surface area contributed by atoms with Crippen molar-refractivity contribution >= 4 is 51.4 Å². The number of ether oxygens (including phenoxy) is 1. The highest BCUT2D eigenvalue weighted by atomic mass is 35.5. The quantitative estimate of drug-likeness (QED) is 0.479. The van der Waals surface area contributed by atoms with Crippen molar-refractivity contribution in [2.24, 2.45) is 0 Å². The molecule has 28 heavy (non-hydrogen) atoms. The largest absolute Gasteiger partial charge is 0.462 e. The third-order valence-corrected chi connectivity index (χ3v) is 5.34. The zero-order valence-corrected chi connectivity index (χ0v) is 17.3. The Morgan fingerprint density at radius 3 is 2.36 bits per heavy atom. The molecule has 7 heteroatoms. The zero-order valence-electron chi connectivity index (χ0n) is 15.0. The number of esters is 1. The average molecular weight is 434 g/mol. The average Bonchev–Trinajstić information content (AvgIpc) is 3.04. The van der Waals surface area contributed by atoms with E-state index >= 15 is 0 Å². The highest BCUT2D eigenvalue weighted by molar-refractivity contribution is 7.16. The third kappa shape index (κ3) is 5.13. The molecule has 3 aromatic rings. The van der Waals surface area contributed by atoms with E-state index in [2.05, 4.69) is 5.32 Å². The molecule has 144 valence electrons. The van der Waals surface area contributed by atoms with E-state index in [-0.39, 0.29) is 6.61 Å². The maximum atomic E-state index is 12.6. The van der Waals surface area contributed by atoms with Crippen molar-refractivity contribution < 1.29 is 14.3 Å². The summed E-state index contributed by atoms with van der Waals surface area (Å²) in [6.45, 7) is 1.99. The van der Waals surface area contributed by atoms with Gasteiger partial charge < -0.3 is 10.1 Å². The van der Waals surface area contributed by atoms with Crippen LogP contribution in [0.5, 0.6) is 0 Å². The number of thiophene rings is 1. The monoisotopic (exact) mass is 433 g/mol. The van der Waals surface area contributed by atoms with Crippen molar-refractivity contribution in [3.63, 3.8) is 0 Å². The van der Waals surface area contributed by atoms with Gasteiger partial charge in [-0.05, 0) is 36.8 Å². The predicted octanol–water partition coefficient (Wildman–Crippen LogP) is 6.07. The second-order valence-electron chi connectivity index (χ2n) is 5.95. The summed E-state index contributed by atoms with van der Waals surface area (Å²) in [5, 5.41) is 3.94. The van der Waals surface area contributed by atoms with E-state index in [0.29, 0.717) is 32.6 Å². The van der Waals surface area contributed by atoms with Crippen molar-refractivity contribution in [1.29, 1.82) is 0 Å². The number of carbonyl (C=O) groups excluding carboxylic acids is 2. The van der Waals surface area contributed by atoms with Gasteiger partial charge in [-0.3, -0.25) is 4.79 Å². The smallest absolute Gasteiger partial charge is 0.341 e. The van der Waals surface area contributed by atoms with Gasteiger partial charge in [0, 0.05) is 26.9 Å². The minimum absolute atomic E-state index is 0.250. The second kappa shape index (κ2) is 9.24. The van der Waals surface area contributed by atoms with E-state index in [0.717, 1.165) is 10.4 Å². The van der Waals surface area contributed by atoms with Crippen LogP contribution in [0.4, 0.5) is 5.00 Å². The molecular formula is C21H17Cl2NO3S. The molecule has 3 rings (SSSR count). The fourth-order valence-corrected chi connectivity index (χ4v) is 4.24. The number of benzene rings is 2. The van der Waals surface area contributed by atoms with Gasteiger partial charge in [-0.1, -0.05) is 53.5 Å². The Labute approximate surface area is 177 Å². The van der Waals surface area contributed by atoms with Crippen molar-refractivity contribution in [3.05, 3.63) is 86.2 Å². The van der Waals surface area contributed by atoms with Gasteiger partial charge in [-0.2, -0.15) is 0 Å². The summed E-state index contributed by atoms with van der Waals surface area (Å²) in [5.74, 6) is -0.874. The Balaban J connectivity index is 1.89. The van der Waals surface area contributed by atoms with Gasteiger partial charge in [-0.25, -0.2) is 4.79 Å². The molecule has 0 unspecified atom stereocenters. The van der Waals surface area contributed by atoms with Gasteiger partial charge >= 0.3 is 5.97 Å². The first-order valence-electron chi connectivity index (χ1n) is 8.57. The molecule has 2 aromatic carbocycles. The molecule has 0 saturated heterocycles. The van der Waals surface area contributed by atoms with Crippen LogP contribution in [0.1, 0.15) is 38.1 Å². The number of carbonyl (C=O) groups is 2. The number of anilines is 1. The molecule has 1 amide bonds. The van der Waals surface area contributed by atoms with Crippen LogP contribution < -0.4 is 5.32 Å². The molecule has 0 aliphatic carbocycles. The number of hydrogen-bond acceptors (Lipinski definition) is 4. The van der Waals surface area contributed by atoms with Crippen molar-refractivity contribution in [3.8, 4) is 0 Å². The fourth-order valence-electron chi connectivity index (χ4n) is 2.64. The van der Waals surface area contributed by atoms with E-state index in [9.17, 15) is 9.59 Å². The Hall–Kier alpha value is -2.34. The minimum atomic E-state index is -0.475. The van der Waals surface area contributed by atoms with Crippen LogP contribution in [0.25, 0.3) is 0 Å². The first-order valence-corrected chi connectivity index (χ1v) is 10.1. The molecule has 1 N–H and O–H groups in total. The Morgan fingerprint density at radius 2 is 1.71 bits per heavy atom. The molecular weight excluding hydrogens is 417 g/mol. The van der Waals surface area contributed by atoms with E-state index in [1.54, 1.807) is 19.1 Å². The lowest BCUT2D eigenvalue weighted by atomic mass is 10.1. The van der Waals surface area contributed by atoms with E-state index in [4.69, 9.17) is 27.9 Å². The number of halogens is 2. The minimum Gasteiger partial charge on any atom is -0.462 e. The second-order valence-corrected chi connectivity index (χ2v) is 7.96. The predicted molar refractivity (Wildman–Crippen MR) is 114 cm³/mol.